The molecule has 20 heteroatoms. The number of halogens is 6. The van der Waals surface area contributed by atoms with Crippen LogP contribution in [0.1, 0.15) is 127 Å². The van der Waals surface area contributed by atoms with Crippen LogP contribution in [0.2, 0.25) is 0 Å². The van der Waals surface area contributed by atoms with Crippen molar-refractivity contribution in [3.05, 3.63) is 0 Å². The normalized spacial score (nSPS) is 12.7. The molecule has 0 saturated heterocycles. The number of hydrogen-bond acceptors (Lipinski definition) is 10. The number of nitrogens with zero attached hydrogens (tertiary/aromatic N) is 2. The number of carbonyl (C=O) groups excluding carboxylic acids is 2. The number of carbonyl (C=O) groups is 2. The van der Waals surface area contributed by atoms with E-state index in [9.17, 15) is 35.9 Å². The molecule has 0 radical (unpaired) electrons. The Hall–Kier alpha value is -1.74. The molecule has 0 aliphatic carbocycles. The number of unbranched alkanes of at least 4 members (excludes halogenated alkanes) is 8. The summed E-state index contributed by atoms with van der Waals surface area (Å²) < 4.78 is 130. The highest BCUT2D eigenvalue weighted by molar-refractivity contribution is 7.86. The second-order valence-corrected chi connectivity index (χ2v) is 18.5. The van der Waals surface area contributed by atoms with E-state index in [4.69, 9.17) is 35.4 Å². The molecule has 0 amide bonds. The smallest absolute Gasteiger partial charge is 0.485 e. The molecule has 0 bridgehead atoms. The van der Waals surface area contributed by atoms with Crippen LogP contribution in [0.4, 0.5) is 26.3 Å². The summed E-state index contributed by atoms with van der Waals surface area (Å²) >= 11 is 0. The maximum atomic E-state index is 12.0. The lowest BCUT2D eigenvalue weighted by Gasteiger charge is -2.30. The first-order valence-corrected chi connectivity index (χ1v) is 20.8. The van der Waals surface area contributed by atoms with E-state index in [1.165, 1.54) is 64.3 Å². The molecule has 12 nitrogen and oxygen atoms in total. The van der Waals surface area contributed by atoms with Crippen molar-refractivity contribution in [2.75, 3.05) is 68.1 Å². The Kier molecular flexibility index (Phi) is 31.6. The van der Waals surface area contributed by atoms with Gasteiger partial charge >= 0.3 is 23.0 Å². The number of quaternary nitrogens is 2. The fourth-order valence-corrected chi connectivity index (χ4v) is 3.44. The molecule has 0 N–H and O–H groups in total. The van der Waals surface area contributed by atoms with Crippen LogP contribution >= 0.6 is 0 Å². The summed E-state index contributed by atoms with van der Waals surface area (Å²) in [6, 6.07) is 0. The molecule has 0 fully saturated rings. The van der Waals surface area contributed by atoms with Gasteiger partial charge in [-0.1, -0.05) is 73.1 Å². The van der Waals surface area contributed by atoms with E-state index < -0.39 is 31.3 Å². The fourth-order valence-electron chi connectivity index (χ4n) is 3.44. The molecule has 0 rings (SSSR count). The Morgan fingerprint density at radius 3 is 1.07 bits per heavy atom. The van der Waals surface area contributed by atoms with Crippen molar-refractivity contribution >= 4 is 32.2 Å². The third-order valence-corrected chi connectivity index (χ3v) is 9.37. The van der Waals surface area contributed by atoms with E-state index in [1.54, 1.807) is 0 Å². The van der Waals surface area contributed by atoms with Gasteiger partial charge < -0.3 is 27.5 Å². The summed E-state index contributed by atoms with van der Waals surface area (Å²) in [7, 11) is -1.45. The van der Waals surface area contributed by atoms with Crippen molar-refractivity contribution in [3.8, 4) is 0 Å². The van der Waals surface area contributed by atoms with Crippen molar-refractivity contribution in [1.29, 1.82) is 0 Å². The van der Waals surface area contributed by atoms with Crippen LogP contribution in [-0.2, 0) is 39.3 Å². The Balaban J connectivity index is -0.000000226. The lowest BCUT2D eigenvalue weighted by atomic mass is 9.91. The molecule has 0 aliphatic rings. The molecule has 0 aromatic rings. The maximum absolute atomic E-state index is 12.0. The molecule has 0 spiro atoms. The fraction of sp³-hybridized carbons (Fsp3) is 0.943. The summed E-state index contributed by atoms with van der Waals surface area (Å²) in [4.78, 5) is 23.5. The Labute approximate surface area is 328 Å². The Bertz CT molecular complexity index is 1210. The average Bonchev–Trinajstić information content (AvgIpc) is 2.98. The van der Waals surface area contributed by atoms with Crippen molar-refractivity contribution < 1.29 is 80.3 Å². The van der Waals surface area contributed by atoms with Gasteiger partial charge in [0.15, 0.2) is 20.2 Å². The van der Waals surface area contributed by atoms with E-state index in [0.29, 0.717) is 13.2 Å². The van der Waals surface area contributed by atoms with Crippen molar-refractivity contribution in [2.24, 2.45) is 10.8 Å². The first kappa shape index (κ1) is 62.5. The number of likely N-dealkylation sites (N-methyl/N-ethyl adjacent to an activating group) is 2. The lowest BCUT2D eigenvalue weighted by molar-refractivity contribution is -0.890. The maximum Gasteiger partial charge on any atom is 0.485 e. The minimum Gasteiger partial charge on any atom is -0.741 e. The molecule has 0 unspecified atom stereocenters. The van der Waals surface area contributed by atoms with Gasteiger partial charge in [-0.15, -0.1) is 0 Å². The van der Waals surface area contributed by atoms with Gasteiger partial charge in [0.2, 0.25) is 0 Å². The van der Waals surface area contributed by atoms with Gasteiger partial charge in [0, 0.05) is 0 Å². The molecule has 0 saturated carbocycles. The van der Waals surface area contributed by atoms with Gasteiger partial charge in [-0.25, -0.2) is 16.8 Å². The molecule has 0 aromatic carbocycles. The predicted molar refractivity (Wildman–Crippen MR) is 200 cm³/mol. The first-order chi connectivity index (χ1) is 23.9. The van der Waals surface area contributed by atoms with Gasteiger partial charge in [0.05, 0.1) is 52.6 Å². The lowest BCUT2D eigenvalue weighted by Crippen LogP contribution is -2.43. The first-order valence-electron chi connectivity index (χ1n) is 17.9. The summed E-state index contributed by atoms with van der Waals surface area (Å²) in [5, 5.41) is 0. The minimum atomic E-state index is -6.09. The van der Waals surface area contributed by atoms with Gasteiger partial charge in [-0.05, 0) is 53.4 Å². The van der Waals surface area contributed by atoms with Gasteiger partial charge in [-0.3, -0.25) is 9.59 Å². The number of ether oxygens (including phenoxy) is 2. The third-order valence-electron chi connectivity index (χ3n) is 8.23. The Morgan fingerprint density at radius 2 is 0.818 bits per heavy atom. The van der Waals surface area contributed by atoms with Crippen LogP contribution in [-0.4, -0.2) is 126 Å². The summed E-state index contributed by atoms with van der Waals surface area (Å²) in [5.41, 5.74) is -12.0. The SMILES string of the molecule is C.CCC(C)(C)C(=O)OCC[N+](C)(C)C.CCCCCCCCCCC[N+](C)(C)CCOC(=O)C(C)(C)CC.O=S(=O)([O-])C(F)(F)F.O=S(=O)([O-])C(F)(F)F. The monoisotopic (exact) mass is 858 g/mol. The standard InChI is InChI=1S/C21H44NO2.C11H24NO2.2CHF3O3S.CH4/c1-7-9-10-11-12-13-14-15-16-17-22(5,6)18-19-24-20(23)21(3,4)8-2;1-7-11(2,3)10(13)14-9-8-12(4,5)6;2*2-1(3,4)8(5,6)7;/h7-19H2,1-6H3;7-9H2,1-6H3;2*(H,5,6,7);1H4/q2*+1;;;/p-2. The van der Waals surface area contributed by atoms with E-state index in [2.05, 4.69) is 42.2 Å². The van der Waals surface area contributed by atoms with E-state index >= 15 is 0 Å². The summed E-state index contributed by atoms with van der Waals surface area (Å²) in [6.45, 7) is 18.0. The number of alkyl halides is 6. The number of rotatable bonds is 20. The molecular formula is C35H72F6N2O10S2. The van der Waals surface area contributed by atoms with Gasteiger partial charge in [-0.2, -0.15) is 26.3 Å². The molecular weight excluding hydrogens is 787 g/mol. The zero-order chi connectivity index (χ0) is 43.9. The number of esters is 2. The van der Waals surface area contributed by atoms with Crippen molar-refractivity contribution in [2.45, 2.75) is 138 Å². The molecule has 336 valence electrons. The zero-order valence-corrected chi connectivity index (χ0v) is 36.0. The number of hydrogen-bond donors (Lipinski definition) is 0. The highest BCUT2D eigenvalue weighted by Crippen LogP contribution is 2.23. The predicted octanol–water partition coefficient (Wildman–Crippen LogP) is 7.98. The third kappa shape index (κ3) is 36.4. The van der Waals surface area contributed by atoms with Crippen molar-refractivity contribution in [3.63, 3.8) is 0 Å². The molecule has 0 aliphatic heterocycles. The van der Waals surface area contributed by atoms with Crippen LogP contribution < -0.4 is 0 Å². The summed E-state index contributed by atoms with van der Waals surface area (Å²) in [5.74, 6) is -0.151. The van der Waals surface area contributed by atoms with Crippen LogP contribution in [0, 0.1) is 10.8 Å². The highest BCUT2D eigenvalue weighted by atomic mass is 32.2. The second-order valence-electron chi connectivity index (χ2n) is 15.8. The van der Waals surface area contributed by atoms with Crippen LogP contribution in [0.3, 0.4) is 0 Å². The summed E-state index contributed by atoms with van der Waals surface area (Å²) in [6.07, 6.45) is 14.0. The van der Waals surface area contributed by atoms with Crippen LogP contribution in [0.15, 0.2) is 0 Å². The molecule has 0 heterocycles. The average molecular weight is 859 g/mol. The quantitative estimate of drug-likeness (QED) is 0.0293. The van der Waals surface area contributed by atoms with Crippen LogP contribution in [0.25, 0.3) is 0 Å². The van der Waals surface area contributed by atoms with Gasteiger partial charge in [0.25, 0.3) is 0 Å². The molecule has 55 heavy (non-hydrogen) atoms. The zero-order valence-electron chi connectivity index (χ0n) is 34.4. The van der Waals surface area contributed by atoms with Gasteiger partial charge in [0.1, 0.15) is 26.3 Å². The van der Waals surface area contributed by atoms with Crippen molar-refractivity contribution in [1.82, 2.24) is 0 Å². The molecule has 0 atom stereocenters. The topological polar surface area (TPSA) is 167 Å². The highest BCUT2D eigenvalue weighted by Gasteiger charge is 2.37. The molecule has 0 aromatic heterocycles. The van der Waals surface area contributed by atoms with E-state index in [1.807, 2.05) is 41.5 Å². The second kappa shape index (κ2) is 27.8. The largest absolute Gasteiger partial charge is 0.741 e. The Morgan fingerprint density at radius 1 is 0.545 bits per heavy atom. The van der Waals surface area contributed by atoms with Crippen LogP contribution in [0.5, 0.6) is 0 Å². The minimum absolute atomic E-state index is 0. The van der Waals surface area contributed by atoms with E-state index in [0.717, 1.165) is 34.9 Å². The van der Waals surface area contributed by atoms with E-state index in [-0.39, 0.29) is 30.2 Å².